The Balaban J connectivity index is 1.79. The van der Waals surface area contributed by atoms with Crippen molar-refractivity contribution in [2.24, 2.45) is 0 Å². The van der Waals surface area contributed by atoms with E-state index in [4.69, 9.17) is 9.47 Å². The molecule has 8 heteroatoms. The lowest BCUT2D eigenvalue weighted by Crippen LogP contribution is -2.59. The SMILES string of the molecule is Cc1cc([N+](=O)[O-])cc2c1N1CCN(C(=O)OC(C)(C)C)C[C@H]1CO2. The Morgan fingerprint density at radius 2 is 2.08 bits per heavy atom. The molecule has 1 saturated heterocycles. The molecule has 2 aliphatic rings. The summed E-state index contributed by atoms with van der Waals surface area (Å²) in [4.78, 5) is 26.8. The summed E-state index contributed by atoms with van der Waals surface area (Å²) in [7, 11) is 0. The maximum absolute atomic E-state index is 12.3. The Morgan fingerprint density at radius 1 is 1.36 bits per heavy atom. The summed E-state index contributed by atoms with van der Waals surface area (Å²) in [5, 5.41) is 11.0. The Kier molecular flexibility index (Phi) is 4.22. The number of nitro benzene ring substituents is 1. The van der Waals surface area contributed by atoms with Crippen molar-refractivity contribution in [3.05, 3.63) is 27.8 Å². The molecule has 2 aliphatic heterocycles. The maximum Gasteiger partial charge on any atom is 0.410 e. The fourth-order valence-corrected chi connectivity index (χ4v) is 3.28. The fraction of sp³-hybridized carbons (Fsp3) is 0.588. The molecule has 1 atom stereocenters. The van der Waals surface area contributed by atoms with E-state index in [1.54, 1.807) is 11.0 Å². The van der Waals surface area contributed by atoms with Crippen molar-refractivity contribution in [3.63, 3.8) is 0 Å². The lowest BCUT2D eigenvalue weighted by atomic mass is 10.0. The van der Waals surface area contributed by atoms with Gasteiger partial charge in [0.1, 0.15) is 18.0 Å². The first-order valence-electron chi connectivity index (χ1n) is 8.32. The standard InChI is InChI=1S/C17H23N3O5/c1-11-7-12(20(22)23)8-14-15(11)19-6-5-18(9-13(19)10-24-14)16(21)25-17(2,3)4/h7-8,13H,5-6,9-10H2,1-4H3/t13-/m0/s1. The molecule has 0 radical (unpaired) electrons. The van der Waals surface area contributed by atoms with Gasteiger partial charge in [0, 0.05) is 25.7 Å². The first kappa shape index (κ1) is 17.3. The Labute approximate surface area is 146 Å². The van der Waals surface area contributed by atoms with Gasteiger partial charge in [-0.1, -0.05) is 0 Å². The number of nitrogens with zero attached hydrogens (tertiary/aromatic N) is 3. The van der Waals surface area contributed by atoms with Crippen LogP contribution in [0.3, 0.4) is 0 Å². The average Bonchev–Trinajstić information content (AvgIpc) is 2.51. The summed E-state index contributed by atoms with van der Waals surface area (Å²) in [6.07, 6.45) is -0.321. The minimum absolute atomic E-state index is 0.00826. The highest BCUT2D eigenvalue weighted by Gasteiger charge is 2.37. The normalized spacial score (nSPS) is 19.6. The number of benzene rings is 1. The highest BCUT2D eigenvalue weighted by molar-refractivity contribution is 5.72. The number of nitro groups is 1. The van der Waals surface area contributed by atoms with Crippen LogP contribution in [0.2, 0.25) is 0 Å². The zero-order valence-electron chi connectivity index (χ0n) is 14.9. The van der Waals surface area contributed by atoms with Crippen molar-refractivity contribution >= 4 is 17.5 Å². The molecule has 1 amide bonds. The molecular formula is C17H23N3O5. The molecule has 136 valence electrons. The molecule has 0 saturated carbocycles. The summed E-state index contributed by atoms with van der Waals surface area (Å²) < 4.78 is 11.2. The largest absolute Gasteiger partial charge is 0.489 e. The summed E-state index contributed by atoms with van der Waals surface area (Å²) in [6.45, 7) is 9.45. The van der Waals surface area contributed by atoms with Crippen LogP contribution in [0.25, 0.3) is 0 Å². The van der Waals surface area contributed by atoms with Gasteiger partial charge < -0.3 is 19.3 Å². The van der Waals surface area contributed by atoms with E-state index in [1.165, 1.54) is 6.07 Å². The molecule has 0 aliphatic carbocycles. The number of carbonyl (C=O) groups excluding carboxylic acids is 1. The zero-order chi connectivity index (χ0) is 18.4. The number of aryl methyl sites for hydroxylation is 1. The van der Waals surface area contributed by atoms with E-state index in [0.29, 0.717) is 32.0 Å². The second kappa shape index (κ2) is 6.09. The van der Waals surface area contributed by atoms with E-state index in [1.807, 2.05) is 27.7 Å². The molecule has 1 aromatic carbocycles. The van der Waals surface area contributed by atoms with Crippen LogP contribution in [0.4, 0.5) is 16.2 Å². The quantitative estimate of drug-likeness (QED) is 0.572. The van der Waals surface area contributed by atoms with Crippen LogP contribution in [0.15, 0.2) is 12.1 Å². The Bertz CT molecular complexity index is 713. The molecular weight excluding hydrogens is 326 g/mol. The van der Waals surface area contributed by atoms with Crippen molar-refractivity contribution in [1.29, 1.82) is 0 Å². The number of hydrogen-bond acceptors (Lipinski definition) is 6. The number of hydrogen-bond donors (Lipinski definition) is 0. The lowest BCUT2D eigenvalue weighted by Gasteiger charge is -2.46. The van der Waals surface area contributed by atoms with E-state index < -0.39 is 10.5 Å². The highest BCUT2D eigenvalue weighted by atomic mass is 16.6. The number of ether oxygens (including phenoxy) is 2. The van der Waals surface area contributed by atoms with Crippen molar-refractivity contribution in [1.82, 2.24) is 4.90 Å². The molecule has 1 fully saturated rings. The van der Waals surface area contributed by atoms with E-state index >= 15 is 0 Å². The van der Waals surface area contributed by atoms with Crippen LogP contribution in [0.5, 0.6) is 5.75 Å². The molecule has 0 bridgehead atoms. The van der Waals surface area contributed by atoms with Gasteiger partial charge in [0.15, 0.2) is 0 Å². The first-order chi connectivity index (χ1) is 11.7. The first-order valence-corrected chi connectivity index (χ1v) is 8.32. The highest BCUT2D eigenvalue weighted by Crippen LogP contribution is 2.40. The second-order valence-corrected chi connectivity index (χ2v) is 7.45. The number of non-ortho nitro benzene ring substituents is 1. The number of rotatable bonds is 1. The summed E-state index contributed by atoms with van der Waals surface area (Å²) >= 11 is 0. The molecule has 0 spiro atoms. The Hall–Kier alpha value is -2.51. The second-order valence-electron chi connectivity index (χ2n) is 7.45. The van der Waals surface area contributed by atoms with Gasteiger partial charge in [-0.25, -0.2) is 4.79 Å². The van der Waals surface area contributed by atoms with E-state index in [0.717, 1.165) is 11.3 Å². The number of piperazine rings is 1. The molecule has 0 aromatic heterocycles. The van der Waals surface area contributed by atoms with Crippen LogP contribution in [-0.2, 0) is 4.74 Å². The average molecular weight is 349 g/mol. The van der Waals surface area contributed by atoms with E-state index in [9.17, 15) is 14.9 Å². The molecule has 2 heterocycles. The number of amides is 1. The molecule has 3 rings (SSSR count). The minimum atomic E-state index is -0.528. The monoisotopic (exact) mass is 349 g/mol. The number of anilines is 1. The maximum atomic E-state index is 12.3. The lowest BCUT2D eigenvalue weighted by molar-refractivity contribution is -0.385. The van der Waals surface area contributed by atoms with Gasteiger partial charge >= 0.3 is 6.09 Å². The summed E-state index contributed by atoms with van der Waals surface area (Å²) in [5.41, 5.74) is 1.19. The predicted molar refractivity (Wildman–Crippen MR) is 92.3 cm³/mol. The van der Waals surface area contributed by atoms with Crippen LogP contribution in [0.1, 0.15) is 26.3 Å². The van der Waals surface area contributed by atoms with Crippen LogP contribution >= 0.6 is 0 Å². The van der Waals surface area contributed by atoms with E-state index in [-0.39, 0.29) is 17.8 Å². The molecule has 1 aromatic rings. The Morgan fingerprint density at radius 3 is 2.72 bits per heavy atom. The van der Waals surface area contributed by atoms with Gasteiger partial charge in [-0.3, -0.25) is 10.1 Å². The van der Waals surface area contributed by atoms with Crippen LogP contribution in [0, 0.1) is 17.0 Å². The third kappa shape index (κ3) is 3.47. The predicted octanol–water partition coefficient (Wildman–Crippen LogP) is 2.72. The minimum Gasteiger partial charge on any atom is -0.489 e. The third-order valence-corrected chi connectivity index (χ3v) is 4.31. The number of fused-ring (bicyclic) bond motifs is 3. The van der Waals surface area contributed by atoms with Crippen LogP contribution in [-0.4, -0.2) is 53.8 Å². The van der Waals surface area contributed by atoms with E-state index in [2.05, 4.69) is 4.90 Å². The summed E-state index contributed by atoms with van der Waals surface area (Å²) in [6, 6.07) is 3.04. The van der Waals surface area contributed by atoms with Gasteiger partial charge in [0.2, 0.25) is 0 Å². The van der Waals surface area contributed by atoms with Gasteiger partial charge in [0.05, 0.1) is 22.7 Å². The van der Waals surface area contributed by atoms with Gasteiger partial charge in [0.25, 0.3) is 5.69 Å². The smallest absolute Gasteiger partial charge is 0.410 e. The third-order valence-electron chi connectivity index (χ3n) is 4.31. The molecule has 0 unspecified atom stereocenters. The molecule has 25 heavy (non-hydrogen) atoms. The summed E-state index contributed by atoms with van der Waals surface area (Å²) in [5.74, 6) is 0.536. The topological polar surface area (TPSA) is 85.2 Å². The van der Waals surface area contributed by atoms with Gasteiger partial charge in [-0.2, -0.15) is 0 Å². The van der Waals surface area contributed by atoms with Crippen molar-refractivity contribution in [2.45, 2.75) is 39.3 Å². The van der Waals surface area contributed by atoms with Gasteiger partial charge in [-0.05, 0) is 33.3 Å². The van der Waals surface area contributed by atoms with Crippen molar-refractivity contribution in [2.75, 3.05) is 31.1 Å². The van der Waals surface area contributed by atoms with Crippen molar-refractivity contribution < 1.29 is 19.2 Å². The number of carbonyl (C=O) groups is 1. The van der Waals surface area contributed by atoms with Gasteiger partial charge in [-0.15, -0.1) is 0 Å². The van der Waals surface area contributed by atoms with Crippen molar-refractivity contribution in [3.8, 4) is 5.75 Å². The molecule has 8 nitrogen and oxygen atoms in total. The molecule has 0 N–H and O–H groups in total. The van der Waals surface area contributed by atoms with Crippen LogP contribution < -0.4 is 9.64 Å². The fourth-order valence-electron chi connectivity index (χ4n) is 3.28. The zero-order valence-corrected chi connectivity index (χ0v) is 14.9.